The van der Waals surface area contributed by atoms with E-state index in [2.05, 4.69) is 226 Å². The lowest BCUT2D eigenvalue weighted by Crippen LogP contribution is -2.65. The van der Waals surface area contributed by atoms with Gasteiger partial charge < -0.3 is 18.9 Å². The highest BCUT2D eigenvalue weighted by atomic mass is 32.2. The first-order valence-corrected chi connectivity index (χ1v) is 29.6. The molecule has 6 heterocycles. The van der Waals surface area contributed by atoms with Crippen molar-refractivity contribution in [3.63, 3.8) is 0 Å². The van der Waals surface area contributed by atoms with Gasteiger partial charge in [-0.3, -0.25) is 8.61 Å². The fourth-order valence-electron chi connectivity index (χ4n) is 14.4. The maximum absolute atomic E-state index is 7.34. The molecular formula is C68H51B3N2O4S2. The Morgan fingerprint density at radius 2 is 0.620 bits per heavy atom. The molecule has 0 saturated carbocycles. The van der Waals surface area contributed by atoms with Gasteiger partial charge in [-0.05, 0) is 219 Å². The van der Waals surface area contributed by atoms with Gasteiger partial charge in [0.2, 0.25) is 0 Å². The van der Waals surface area contributed by atoms with Gasteiger partial charge in [0.15, 0.2) is 0 Å². The Bertz CT molecular complexity index is 4080. The molecule has 0 aromatic heterocycles. The Balaban J connectivity index is 0.954. The number of fused-ring (bicyclic) bond motifs is 12. The van der Waals surface area contributed by atoms with Crippen LogP contribution in [0.25, 0.3) is 33.4 Å². The van der Waals surface area contributed by atoms with Gasteiger partial charge in [-0.15, -0.1) is 0 Å². The molecule has 0 radical (unpaired) electrons. The van der Waals surface area contributed by atoms with Crippen molar-refractivity contribution >= 4 is 116 Å². The van der Waals surface area contributed by atoms with E-state index in [-0.39, 0.29) is 20.1 Å². The topological polar surface area (TPSA) is 43.4 Å². The summed E-state index contributed by atoms with van der Waals surface area (Å²) in [6.45, 7) is 12.8. The minimum absolute atomic E-state index is 0.129. The van der Waals surface area contributed by atoms with E-state index >= 15 is 0 Å². The van der Waals surface area contributed by atoms with E-state index in [9.17, 15) is 0 Å². The van der Waals surface area contributed by atoms with Gasteiger partial charge in [0.25, 0.3) is 20.1 Å². The van der Waals surface area contributed by atoms with Crippen molar-refractivity contribution in [2.24, 2.45) is 0 Å². The predicted molar refractivity (Wildman–Crippen MR) is 335 cm³/mol. The summed E-state index contributed by atoms with van der Waals surface area (Å²) < 4.78 is 33.5. The molecule has 0 spiro atoms. The fourth-order valence-corrected chi connectivity index (χ4v) is 15.8. The third kappa shape index (κ3) is 6.66. The molecule has 0 amide bonds. The molecule has 0 saturated heterocycles. The predicted octanol–water partition coefficient (Wildman–Crippen LogP) is 12.0. The lowest BCUT2D eigenvalue weighted by molar-refractivity contribution is 0.464. The molecule has 6 aliphatic heterocycles. The number of ether oxygens (including phenoxy) is 4. The Kier molecular flexibility index (Phi) is 10.2. The molecular weight excluding hydrogens is 1010 g/mol. The lowest BCUT2D eigenvalue weighted by atomic mass is 9.29. The van der Waals surface area contributed by atoms with Crippen LogP contribution in [0.15, 0.2) is 164 Å². The van der Waals surface area contributed by atoms with Crippen LogP contribution in [0.1, 0.15) is 33.4 Å². The van der Waals surface area contributed by atoms with Crippen molar-refractivity contribution < 1.29 is 18.9 Å². The van der Waals surface area contributed by atoms with Crippen molar-refractivity contribution in [1.29, 1.82) is 0 Å². The minimum atomic E-state index is -0.158. The van der Waals surface area contributed by atoms with Crippen LogP contribution in [0.2, 0.25) is 0 Å². The Hall–Kier alpha value is -8.11. The first-order chi connectivity index (χ1) is 38.5. The van der Waals surface area contributed by atoms with Crippen molar-refractivity contribution in [3.05, 3.63) is 197 Å². The monoisotopic (exact) mass is 1060 g/mol. The zero-order chi connectivity index (χ0) is 53.3. The molecule has 6 aliphatic rings. The lowest BCUT2D eigenvalue weighted by Gasteiger charge is -2.44. The van der Waals surface area contributed by atoms with Crippen LogP contribution in [-0.4, -0.2) is 32.6 Å². The quantitative estimate of drug-likeness (QED) is 0.125. The average Bonchev–Trinajstić information content (AvgIpc) is 3.31. The normalized spacial score (nSPS) is 13.9. The van der Waals surface area contributed by atoms with Crippen molar-refractivity contribution in [2.75, 3.05) is 21.1 Å². The molecule has 0 bridgehead atoms. The van der Waals surface area contributed by atoms with E-state index in [1.165, 1.54) is 83.4 Å². The smallest absolute Gasteiger partial charge is 0.260 e. The molecule has 0 aliphatic carbocycles. The molecule has 378 valence electrons. The summed E-state index contributed by atoms with van der Waals surface area (Å²) in [6.07, 6.45) is 4.41. The average molecular weight is 1060 g/mol. The van der Waals surface area contributed by atoms with Crippen LogP contribution in [0.4, 0.5) is 22.7 Å². The van der Waals surface area contributed by atoms with Crippen LogP contribution in [0, 0.1) is 41.5 Å². The fraction of sp³-hybridized carbons (Fsp3) is 0.118. The van der Waals surface area contributed by atoms with Crippen molar-refractivity contribution in [2.45, 2.75) is 41.5 Å². The first-order valence-electron chi connectivity index (χ1n) is 27.2. The second kappa shape index (κ2) is 17.2. The van der Waals surface area contributed by atoms with Gasteiger partial charge in [-0.2, -0.15) is 0 Å². The highest BCUT2D eigenvalue weighted by Crippen LogP contribution is 2.49. The third-order valence-corrected chi connectivity index (χ3v) is 19.2. The number of nitrogens with zero attached hydrogens (tertiary/aromatic N) is 2. The van der Waals surface area contributed by atoms with Gasteiger partial charge in [0.05, 0.1) is 22.7 Å². The number of benzene rings is 10. The first kappa shape index (κ1) is 46.9. The van der Waals surface area contributed by atoms with Gasteiger partial charge in [-0.1, -0.05) is 103 Å². The largest absolute Gasteiger partial charge is 0.458 e. The van der Waals surface area contributed by atoms with Crippen LogP contribution < -0.4 is 76.7 Å². The van der Waals surface area contributed by atoms with Crippen LogP contribution in [-0.2, 0) is 0 Å². The summed E-state index contributed by atoms with van der Waals surface area (Å²) in [5.41, 5.74) is 29.4. The van der Waals surface area contributed by atoms with Gasteiger partial charge in [0.1, 0.15) is 46.0 Å². The molecule has 10 aromatic rings. The summed E-state index contributed by atoms with van der Waals surface area (Å²) in [5.74, 6) is 6.79. The van der Waals surface area contributed by atoms with E-state index in [4.69, 9.17) is 18.9 Å². The minimum Gasteiger partial charge on any atom is -0.458 e. The summed E-state index contributed by atoms with van der Waals surface area (Å²) in [7, 11) is 0. The maximum Gasteiger partial charge on any atom is 0.260 e. The summed E-state index contributed by atoms with van der Waals surface area (Å²) in [6, 6.07) is 60.3. The number of anilines is 4. The standard InChI is InChI=1S/C68H51B3N2O4S2/c1-36-16-13-17-37(2)63(36)42-26-53-66-54(27-42)73(79-8)52-35-58-50(70-46-23-10-12-25-56(46)75-60-29-44(31-62(77-58)68(60)70)65-40(5)20-15-21-41(65)6)33-48(52)71(66)47-32-49-57(34-51(47)72(53)78-7)76-61-30-43(64-38(3)18-14-19-39(64)4)28-59-67(61)69(49)45-22-9-11-24-55(45)74-59/h9-35H,1-8H3. The van der Waals surface area contributed by atoms with Crippen LogP contribution >= 0.6 is 23.9 Å². The summed E-state index contributed by atoms with van der Waals surface area (Å²) in [4.78, 5) is 0. The third-order valence-electron chi connectivity index (χ3n) is 17.7. The molecule has 0 N–H and O–H groups in total. The number of hydrogen-bond donors (Lipinski definition) is 0. The van der Waals surface area contributed by atoms with Gasteiger partial charge in [0, 0.05) is 35.6 Å². The zero-order valence-electron chi connectivity index (χ0n) is 45.2. The van der Waals surface area contributed by atoms with Crippen molar-refractivity contribution in [1.82, 2.24) is 0 Å². The number of hydrogen-bond acceptors (Lipinski definition) is 8. The summed E-state index contributed by atoms with van der Waals surface area (Å²) >= 11 is 3.49. The zero-order valence-corrected chi connectivity index (χ0v) is 46.8. The molecule has 16 rings (SSSR count). The second-order valence-corrected chi connectivity index (χ2v) is 23.6. The van der Waals surface area contributed by atoms with E-state index < -0.39 is 0 Å². The maximum atomic E-state index is 7.34. The Morgan fingerprint density at radius 3 is 0.987 bits per heavy atom. The second-order valence-electron chi connectivity index (χ2n) is 22.1. The van der Waals surface area contributed by atoms with Crippen LogP contribution in [0.3, 0.4) is 0 Å². The molecule has 0 unspecified atom stereocenters. The number of para-hydroxylation sites is 2. The summed E-state index contributed by atoms with van der Waals surface area (Å²) in [5, 5.41) is 0. The van der Waals surface area contributed by atoms with E-state index in [1.54, 1.807) is 23.9 Å². The van der Waals surface area contributed by atoms with Gasteiger partial charge in [-0.25, -0.2) is 0 Å². The molecule has 0 fully saturated rings. The molecule has 79 heavy (non-hydrogen) atoms. The Morgan fingerprint density at radius 1 is 0.291 bits per heavy atom. The molecule has 11 heteroatoms. The number of aryl methyl sites for hydroxylation is 6. The van der Waals surface area contributed by atoms with E-state index in [0.717, 1.165) is 101 Å². The number of rotatable bonds is 5. The highest BCUT2D eigenvalue weighted by molar-refractivity contribution is 8.00. The van der Waals surface area contributed by atoms with E-state index in [1.807, 2.05) is 0 Å². The molecule has 6 nitrogen and oxygen atoms in total. The SMILES string of the molecule is CSN1c2cc3c(cc2B2c4cc5c(cc4N(SC)c4cc(-c6c(C)cccc6C)cc1c42)Oc1cc(-c2c(C)cccc2C)cc2c1B5c1ccccc1O2)B1c2ccccc2Oc2cc(-c4c(C)cccc4C)cc(c21)O3. The van der Waals surface area contributed by atoms with Crippen LogP contribution in [0.5, 0.6) is 46.0 Å². The van der Waals surface area contributed by atoms with Gasteiger partial charge >= 0.3 is 0 Å². The molecule has 10 aromatic carbocycles. The van der Waals surface area contributed by atoms with E-state index in [0.29, 0.717) is 0 Å². The van der Waals surface area contributed by atoms with Crippen molar-refractivity contribution in [3.8, 4) is 79.4 Å². The Labute approximate surface area is 471 Å². The highest BCUT2D eigenvalue weighted by Gasteiger charge is 2.49. The molecule has 0 atom stereocenters.